The highest BCUT2D eigenvalue weighted by molar-refractivity contribution is 5.95. The summed E-state index contributed by atoms with van der Waals surface area (Å²) in [7, 11) is 0. The minimum absolute atomic E-state index is 0.0865. The molecule has 18 heavy (non-hydrogen) atoms. The van der Waals surface area contributed by atoms with E-state index < -0.39 is 0 Å². The molecule has 0 fully saturated rings. The molecule has 0 atom stereocenters. The van der Waals surface area contributed by atoms with Crippen molar-refractivity contribution < 1.29 is 4.79 Å². The summed E-state index contributed by atoms with van der Waals surface area (Å²) in [6, 6.07) is 9.30. The zero-order valence-electron chi connectivity index (χ0n) is 10.3. The molecule has 0 aliphatic heterocycles. The second-order valence-corrected chi connectivity index (χ2v) is 3.96. The molecule has 2 heterocycles. The predicted molar refractivity (Wildman–Crippen MR) is 69.2 cm³/mol. The van der Waals surface area contributed by atoms with E-state index in [1.807, 2.05) is 25.1 Å². The van der Waals surface area contributed by atoms with Crippen molar-refractivity contribution in [2.75, 3.05) is 6.54 Å². The Balaban J connectivity index is 1.88. The number of aromatic nitrogens is 2. The van der Waals surface area contributed by atoms with E-state index in [1.54, 1.807) is 24.5 Å². The topological polar surface area (TPSA) is 54.9 Å². The van der Waals surface area contributed by atoms with Gasteiger partial charge in [0, 0.05) is 36.7 Å². The Morgan fingerprint density at radius 1 is 1.17 bits per heavy atom. The highest BCUT2D eigenvalue weighted by Gasteiger charge is 2.08. The fourth-order valence-electron chi connectivity index (χ4n) is 1.67. The Hall–Kier alpha value is -2.23. The molecule has 2 aromatic rings. The Kier molecular flexibility index (Phi) is 4.02. The summed E-state index contributed by atoms with van der Waals surface area (Å²) in [6.45, 7) is 2.40. The van der Waals surface area contributed by atoms with Crippen LogP contribution in [0.4, 0.5) is 0 Å². The fourth-order valence-corrected chi connectivity index (χ4v) is 1.67. The van der Waals surface area contributed by atoms with Crippen molar-refractivity contribution >= 4 is 5.91 Å². The van der Waals surface area contributed by atoms with Gasteiger partial charge in [0.15, 0.2) is 0 Å². The molecule has 92 valence electrons. The van der Waals surface area contributed by atoms with Gasteiger partial charge in [-0.05, 0) is 31.2 Å². The van der Waals surface area contributed by atoms with Crippen LogP contribution in [-0.4, -0.2) is 22.4 Å². The second-order valence-electron chi connectivity index (χ2n) is 3.96. The maximum absolute atomic E-state index is 11.9. The number of carbonyl (C=O) groups is 1. The number of hydrogen-bond donors (Lipinski definition) is 1. The van der Waals surface area contributed by atoms with Crippen LogP contribution >= 0.6 is 0 Å². The van der Waals surface area contributed by atoms with E-state index in [4.69, 9.17) is 0 Å². The molecule has 0 aliphatic carbocycles. The number of rotatable bonds is 4. The first-order chi connectivity index (χ1) is 8.77. The van der Waals surface area contributed by atoms with Crippen molar-refractivity contribution in [3.05, 3.63) is 59.7 Å². The minimum Gasteiger partial charge on any atom is -0.352 e. The van der Waals surface area contributed by atoms with Crippen LogP contribution in [0.3, 0.4) is 0 Å². The number of carbonyl (C=O) groups excluding carboxylic acids is 1. The van der Waals surface area contributed by atoms with Crippen LogP contribution in [0, 0.1) is 6.92 Å². The lowest BCUT2D eigenvalue weighted by Crippen LogP contribution is -2.26. The van der Waals surface area contributed by atoms with E-state index in [0.717, 1.165) is 17.8 Å². The minimum atomic E-state index is -0.0865. The zero-order valence-corrected chi connectivity index (χ0v) is 10.3. The number of nitrogens with zero attached hydrogens (tertiary/aromatic N) is 2. The van der Waals surface area contributed by atoms with Crippen molar-refractivity contribution in [3.8, 4) is 0 Å². The highest BCUT2D eigenvalue weighted by Crippen LogP contribution is 2.03. The summed E-state index contributed by atoms with van der Waals surface area (Å²) in [5.41, 5.74) is 2.34. The van der Waals surface area contributed by atoms with Gasteiger partial charge in [-0.15, -0.1) is 0 Å². The lowest BCUT2D eigenvalue weighted by atomic mass is 10.2. The summed E-state index contributed by atoms with van der Waals surface area (Å²) in [5, 5.41) is 2.87. The van der Waals surface area contributed by atoms with Crippen LogP contribution in [0.25, 0.3) is 0 Å². The van der Waals surface area contributed by atoms with Crippen LogP contribution in [-0.2, 0) is 6.42 Å². The average molecular weight is 241 g/mol. The van der Waals surface area contributed by atoms with E-state index in [-0.39, 0.29) is 5.91 Å². The molecule has 0 bridgehead atoms. The van der Waals surface area contributed by atoms with Gasteiger partial charge in [0.05, 0.1) is 5.56 Å². The lowest BCUT2D eigenvalue weighted by Gasteiger charge is -2.06. The number of nitrogens with one attached hydrogen (secondary N) is 1. The van der Waals surface area contributed by atoms with E-state index >= 15 is 0 Å². The number of aryl methyl sites for hydroxylation is 1. The Morgan fingerprint density at radius 3 is 2.72 bits per heavy atom. The van der Waals surface area contributed by atoms with Gasteiger partial charge in [-0.3, -0.25) is 14.8 Å². The number of amides is 1. The first-order valence-electron chi connectivity index (χ1n) is 5.87. The van der Waals surface area contributed by atoms with Crippen molar-refractivity contribution in [2.24, 2.45) is 0 Å². The molecule has 2 aromatic heterocycles. The molecule has 0 aliphatic rings. The third-order valence-corrected chi connectivity index (χ3v) is 2.64. The summed E-state index contributed by atoms with van der Waals surface area (Å²) in [5.74, 6) is -0.0865. The highest BCUT2D eigenvalue weighted by atomic mass is 16.1. The molecule has 1 N–H and O–H groups in total. The standard InChI is InChI=1S/C14H15N3O/c1-11-13(6-4-9-15-11)14(18)17-10-7-12-5-2-3-8-16-12/h2-6,8-9H,7,10H2,1H3,(H,17,18). The first-order valence-corrected chi connectivity index (χ1v) is 5.87. The predicted octanol–water partition coefficient (Wildman–Crippen LogP) is 1.76. The largest absolute Gasteiger partial charge is 0.352 e. The first kappa shape index (κ1) is 12.2. The lowest BCUT2D eigenvalue weighted by molar-refractivity contribution is 0.0953. The van der Waals surface area contributed by atoms with Gasteiger partial charge in [0.25, 0.3) is 5.91 Å². The van der Waals surface area contributed by atoms with Crippen LogP contribution < -0.4 is 5.32 Å². The zero-order chi connectivity index (χ0) is 12.8. The molecular formula is C14H15N3O. The quantitative estimate of drug-likeness (QED) is 0.887. The summed E-state index contributed by atoms with van der Waals surface area (Å²) >= 11 is 0. The van der Waals surface area contributed by atoms with Crippen molar-refractivity contribution in [3.63, 3.8) is 0 Å². The van der Waals surface area contributed by atoms with Crippen LogP contribution in [0.5, 0.6) is 0 Å². The van der Waals surface area contributed by atoms with E-state index in [0.29, 0.717) is 12.1 Å². The van der Waals surface area contributed by atoms with Gasteiger partial charge in [-0.1, -0.05) is 6.07 Å². The normalized spacial score (nSPS) is 10.1. The Morgan fingerprint density at radius 2 is 2.00 bits per heavy atom. The molecule has 2 rings (SSSR count). The molecule has 4 heteroatoms. The van der Waals surface area contributed by atoms with Crippen molar-refractivity contribution in [1.82, 2.24) is 15.3 Å². The summed E-state index contributed by atoms with van der Waals surface area (Å²) in [6.07, 6.45) is 4.16. The Bertz CT molecular complexity index is 526. The van der Waals surface area contributed by atoms with Crippen LogP contribution in [0.1, 0.15) is 21.7 Å². The summed E-state index contributed by atoms with van der Waals surface area (Å²) in [4.78, 5) is 20.2. The van der Waals surface area contributed by atoms with Crippen LogP contribution in [0.2, 0.25) is 0 Å². The van der Waals surface area contributed by atoms with Gasteiger partial charge in [0.2, 0.25) is 0 Å². The molecule has 0 saturated carbocycles. The van der Waals surface area contributed by atoms with E-state index in [2.05, 4.69) is 15.3 Å². The van der Waals surface area contributed by atoms with E-state index in [1.165, 1.54) is 0 Å². The molecule has 0 spiro atoms. The van der Waals surface area contributed by atoms with Gasteiger partial charge >= 0.3 is 0 Å². The van der Waals surface area contributed by atoms with Gasteiger partial charge in [-0.25, -0.2) is 0 Å². The second kappa shape index (κ2) is 5.91. The van der Waals surface area contributed by atoms with Gasteiger partial charge in [-0.2, -0.15) is 0 Å². The molecule has 0 saturated heterocycles. The van der Waals surface area contributed by atoms with Gasteiger partial charge in [0.1, 0.15) is 0 Å². The molecular weight excluding hydrogens is 226 g/mol. The number of pyridine rings is 2. The number of hydrogen-bond acceptors (Lipinski definition) is 3. The third kappa shape index (κ3) is 3.13. The fraction of sp³-hybridized carbons (Fsp3) is 0.214. The van der Waals surface area contributed by atoms with Crippen LogP contribution in [0.15, 0.2) is 42.7 Å². The average Bonchev–Trinajstić information content (AvgIpc) is 2.40. The Labute approximate surface area is 106 Å². The molecule has 1 amide bonds. The van der Waals surface area contributed by atoms with Gasteiger partial charge < -0.3 is 5.32 Å². The monoisotopic (exact) mass is 241 g/mol. The van der Waals surface area contributed by atoms with Crippen molar-refractivity contribution in [2.45, 2.75) is 13.3 Å². The molecule has 4 nitrogen and oxygen atoms in total. The molecule has 0 aromatic carbocycles. The van der Waals surface area contributed by atoms with E-state index in [9.17, 15) is 4.79 Å². The third-order valence-electron chi connectivity index (χ3n) is 2.64. The maximum Gasteiger partial charge on any atom is 0.253 e. The van der Waals surface area contributed by atoms with Crippen molar-refractivity contribution in [1.29, 1.82) is 0 Å². The SMILES string of the molecule is Cc1ncccc1C(=O)NCCc1ccccn1. The maximum atomic E-state index is 11.9. The molecule has 0 unspecified atom stereocenters. The summed E-state index contributed by atoms with van der Waals surface area (Å²) < 4.78 is 0. The smallest absolute Gasteiger partial charge is 0.253 e. The molecule has 0 radical (unpaired) electrons.